The van der Waals surface area contributed by atoms with Crippen LogP contribution in [0.15, 0.2) is 0 Å². The minimum absolute atomic E-state index is 0.0636. The van der Waals surface area contributed by atoms with Crippen molar-refractivity contribution in [2.24, 2.45) is 11.3 Å². The zero-order chi connectivity index (χ0) is 16.0. The summed E-state index contributed by atoms with van der Waals surface area (Å²) < 4.78 is 5.74. The lowest BCUT2D eigenvalue weighted by atomic mass is 9.90. The van der Waals surface area contributed by atoms with Gasteiger partial charge in [0.05, 0.1) is 11.5 Å². The second-order valence-corrected chi connectivity index (χ2v) is 6.62. The van der Waals surface area contributed by atoms with Crippen LogP contribution in [0, 0.1) is 11.3 Å². The Hall–Kier alpha value is -1.30. The van der Waals surface area contributed by atoms with Gasteiger partial charge in [-0.25, -0.2) is 4.79 Å². The third-order valence-corrected chi connectivity index (χ3v) is 3.94. The summed E-state index contributed by atoms with van der Waals surface area (Å²) in [5, 5.41) is 11.9. The largest absolute Gasteiger partial charge is 0.481 e. The normalized spacial score (nSPS) is 20.2. The smallest absolute Gasteiger partial charge is 0.317 e. The topological polar surface area (TPSA) is 78.9 Å². The third kappa shape index (κ3) is 5.53. The molecule has 0 aromatic rings. The number of amides is 2. The van der Waals surface area contributed by atoms with Gasteiger partial charge in [-0.15, -0.1) is 0 Å². The van der Waals surface area contributed by atoms with Crippen LogP contribution >= 0.6 is 0 Å². The van der Waals surface area contributed by atoms with Crippen molar-refractivity contribution in [2.45, 2.75) is 46.6 Å². The summed E-state index contributed by atoms with van der Waals surface area (Å²) in [4.78, 5) is 25.0. The molecule has 0 aliphatic carbocycles. The highest BCUT2D eigenvalue weighted by molar-refractivity contribution is 5.75. The number of carbonyl (C=O) groups excluding carboxylic acids is 1. The molecule has 21 heavy (non-hydrogen) atoms. The number of nitrogens with one attached hydrogen (secondary N) is 1. The Morgan fingerprint density at radius 3 is 2.67 bits per heavy atom. The van der Waals surface area contributed by atoms with E-state index in [1.807, 2.05) is 0 Å². The van der Waals surface area contributed by atoms with E-state index in [4.69, 9.17) is 9.84 Å². The summed E-state index contributed by atoms with van der Waals surface area (Å²) in [5.41, 5.74) is -0.824. The van der Waals surface area contributed by atoms with E-state index in [0.29, 0.717) is 38.6 Å². The lowest BCUT2D eigenvalue weighted by molar-refractivity contribution is -0.147. The molecule has 0 saturated carbocycles. The molecule has 1 aliphatic rings. The van der Waals surface area contributed by atoms with E-state index in [-0.39, 0.29) is 12.1 Å². The Kier molecular flexibility index (Phi) is 6.45. The molecule has 1 unspecified atom stereocenters. The molecule has 0 aromatic carbocycles. The molecular formula is C15H28N2O4. The van der Waals surface area contributed by atoms with Gasteiger partial charge in [-0.3, -0.25) is 4.79 Å². The average Bonchev–Trinajstić information content (AvgIpc) is 2.64. The number of nitrogens with zero attached hydrogens (tertiary/aromatic N) is 1. The van der Waals surface area contributed by atoms with Gasteiger partial charge in [0, 0.05) is 26.2 Å². The van der Waals surface area contributed by atoms with E-state index in [0.717, 1.165) is 6.42 Å². The summed E-state index contributed by atoms with van der Waals surface area (Å²) >= 11 is 0. The molecule has 1 atom stereocenters. The number of carboxylic acids is 1. The van der Waals surface area contributed by atoms with Crippen molar-refractivity contribution in [1.82, 2.24) is 10.2 Å². The number of aliphatic carboxylic acids is 1. The quantitative estimate of drug-likeness (QED) is 0.813. The Morgan fingerprint density at radius 1 is 1.43 bits per heavy atom. The summed E-state index contributed by atoms with van der Waals surface area (Å²) in [5.74, 6) is -0.482. The van der Waals surface area contributed by atoms with Crippen molar-refractivity contribution < 1.29 is 19.4 Å². The molecule has 1 saturated heterocycles. The van der Waals surface area contributed by atoms with E-state index in [1.165, 1.54) is 0 Å². The molecule has 2 N–H and O–H groups in total. The molecule has 2 amide bonds. The summed E-state index contributed by atoms with van der Waals surface area (Å²) in [7, 11) is 0. The molecule has 1 fully saturated rings. The number of rotatable bonds is 5. The van der Waals surface area contributed by atoms with Crippen molar-refractivity contribution in [3.05, 3.63) is 0 Å². The van der Waals surface area contributed by atoms with Crippen LogP contribution in [0.25, 0.3) is 0 Å². The van der Waals surface area contributed by atoms with Crippen molar-refractivity contribution in [1.29, 1.82) is 0 Å². The van der Waals surface area contributed by atoms with E-state index >= 15 is 0 Å². The second-order valence-electron chi connectivity index (χ2n) is 6.62. The Balaban J connectivity index is 2.45. The molecule has 122 valence electrons. The molecule has 0 radical (unpaired) electrons. The zero-order valence-corrected chi connectivity index (χ0v) is 13.5. The number of ether oxygens (including phenoxy) is 1. The fourth-order valence-corrected chi connectivity index (χ4v) is 2.14. The Labute approximate surface area is 126 Å². The van der Waals surface area contributed by atoms with Crippen LogP contribution in [0.1, 0.15) is 40.5 Å². The molecule has 1 aliphatic heterocycles. The lowest BCUT2D eigenvalue weighted by Gasteiger charge is -2.27. The molecule has 0 spiro atoms. The first-order chi connectivity index (χ1) is 9.74. The maximum Gasteiger partial charge on any atom is 0.317 e. The third-order valence-electron chi connectivity index (χ3n) is 3.94. The standard InChI is InChI=1S/C15H28N2O4/c1-11(2)12-10-17(8-5-9-21-12)14(20)16-7-6-15(3,4)13(18)19/h11-12H,5-10H2,1-4H3,(H,16,20)(H,18,19). The monoisotopic (exact) mass is 300 g/mol. The van der Waals surface area contributed by atoms with Crippen molar-refractivity contribution in [3.8, 4) is 0 Å². The van der Waals surface area contributed by atoms with Crippen molar-refractivity contribution in [3.63, 3.8) is 0 Å². The molecule has 6 nitrogen and oxygen atoms in total. The van der Waals surface area contributed by atoms with E-state index < -0.39 is 11.4 Å². The van der Waals surface area contributed by atoms with Crippen LogP contribution in [0.4, 0.5) is 4.79 Å². The van der Waals surface area contributed by atoms with Crippen LogP contribution in [0.3, 0.4) is 0 Å². The number of hydrogen-bond donors (Lipinski definition) is 2. The first kappa shape index (κ1) is 17.8. The van der Waals surface area contributed by atoms with Gasteiger partial charge in [0.1, 0.15) is 0 Å². The van der Waals surface area contributed by atoms with Gasteiger partial charge in [-0.1, -0.05) is 13.8 Å². The van der Waals surface area contributed by atoms with E-state index in [2.05, 4.69) is 19.2 Å². The number of urea groups is 1. The Morgan fingerprint density at radius 2 is 2.10 bits per heavy atom. The molecule has 1 rings (SSSR count). The van der Waals surface area contributed by atoms with Gasteiger partial charge < -0.3 is 20.1 Å². The number of hydrogen-bond acceptors (Lipinski definition) is 3. The highest BCUT2D eigenvalue weighted by atomic mass is 16.5. The predicted molar refractivity (Wildman–Crippen MR) is 80.2 cm³/mol. The van der Waals surface area contributed by atoms with Gasteiger partial charge >= 0.3 is 12.0 Å². The Bertz CT molecular complexity index is 369. The van der Waals surface area contributed by atoms with Gasteiger partial charge in [0.2, 0.25) is 0 Å². The summed E-state index contributed by atoms with van der Waals surface area (Å²) in [6.07, 6.45) is 1.30. The van der Waals surface area contributed by atoms with Gasteiger partial charge in [0.15, 0.2) is 0 Å². The van der Waals surface area contributed by atoms with Crippen LogP contribution < -0.4 is 5.32 Å². The van der Waals surface area contributed by atoms with Crippen LogP contribution in [0.5, 0.6) is 0 Å². The molecule has 1 heterocycles. The van der Waals surface area contributed by atoms with Crippen molar-refractivity contribution in [2.75, 3.05) is 26.2 Å². The fraction of sp³-hybridized carbons (Fsp3) is 0.867. The van der Waals surface area contributed by atoms with Crippen molar-refractivity contribution >= 4 is 12.0 Å². The van der Waals surface area contributed by atoms with E-state index in [1.54, 1.807) is 18.7 Å². The highest BCUT2D eigenvalue weighted by Gasteiger charge is 2.28. The first-order valence-electron chi connectivity index (χ1n) is 7.62. The first-order valence-corrected chi connectivity index (χ1v) is 7.62. The second kappa shape index (κ2) is 7.64. The predicted octanol–water partition coefficient (Wildman–Crippen LogP) is 1.94. The SMILES string of the molecule is CC(C)C1CN(C(=O)NCCC(C)(C)C(=O)O)CCCO1. The average molecular weight is 300 g/mol. The molecule has 0 bridgehead atoms. The summed E-state index contributed by atoms with van der Waals surface area (Å²) in [6.45, 7) is 9.80. The maximum absolute atomic E-state index is 12.2. The van der Waals surface area contributed by atoms with E-state index in [9.17, 15) is 9.59 Å². The molecule has 6 heteroatoms. The highest BCUT2D eigenvalue weighted by Crippen LogP contribution is 2.19. The minimum atomic E-state index is -0.847. The minimum Gasteiger partial charge on any atom is -0.481 e. The molecular weight excluding hydrogens is 272 g/mol. The van der Waals surface area contributed by atoms with Crippen LogP contribution in [-0.2, 0) is 9.53 Å². The van der Waals surface area contributed by atoms with Crippen LogP contribution in [-0.4, -0.2) is 54.4 Å². The zero-order valence-electron chi connectivity index (χ0n) is 13.5. The van der Waals surface area contributed by atoms with Gasteiger partial charge in [-0.2, -0.15) is 0 Å². The van der Waals surface area contributed by atoms with Crippen LogP contribution in [0.2, 0.25) is 0 Å². The summed E-state index contributed by atoms with van der Waals surface area (Å²) in [6, 6.07) is -0.132. The van der Waals surface area contributed by atoms with Gasteiger partial charge in [-0.05, 0) is 32.6 Å². The molecule has 0 aromatic heterocycles. The lowest BCUT2D eigenvalue weighted by Crippen LogP contribution is -2.45. The maximum atomic E-state index is 12.2. The van der Waals surface area contributed by atoms with Gasteiger partial charge in [0.25, 0.3) is 0 Å². The number of carboxylic acid groups (broad SMARTS) is 1. The number of carbonyl (C=O) groups is 2. The fourth-order valence-electron chi connectivity index (χ4n) is 2.14.